The Bertz CT molecular complexity index is 828. The number of hydrazone groups is 1. The molecule has 2 aromatic rings. The maximum Gasteiger partial charge on any atom is 0.343 e. The summed E-state index contributed by atoms with van der Waals surface area (Å²) in [5.74, 6) is -0.0392. The number of halogens is 1. The summed E-state index contributed by atoms with van der Waals surface area (Å²) in [5, 5.41) is 4.58. The van der Waals surface area contributed by atoms with Crippen LogP contribution in [0.1, 0.15) is 48.0 Å². The number of amides is 1. The zero-order valence-corrected chi connectivity index (χ0v) is 15.6. The molecule has 0 bridgehead atoms. The summed E-state index contributed by atoms with van der Waals surface area (Å²) >= 11 is 5.82. The largest absolute Gasteiger partial charge is 0.423 e. The fourth-order valence-electron chi connectivity index (χ4n) is 3.04. The Morgan fingerprint density at radius 3 is 2.56 bits per heavy atom. The SMILES string of the molecule is O=C(Oc1cccc(C=NNC(=O)C2CCCCC2)c1)c1ccc(Cl)cc1. The fourth-order valence-corrected chi connectivity index (χ4v) is 3.16. The molecule has 140 valence electrons. The van der Waals surface area contributed by atoms with Crippen LogP contribution in [0.15, 0.2) is 53.6 Å². The first-order chi connectivity index (χ1) is 13.1. The third kappa shape index (κ3) is 5.66. The number of nitrogens with zero attached hydrogens (tertiary/aromatic N) is 1. The highest BCUT2D eigenvalue weighted by Crippen LogP contribution is 2.23. The van der Waals surface area contributed by atoms with E-state index >= 15 is 0 Å². The lowest BCUT2D eigenvalue weighted by Gasteiger charge is -2.19. The van der Waals surface area contributed by atoms with Gasteiger partial charge in [-0.05, 0) is 54.8 Å². The van der Waals surface area contributed by atoms with Crippen LogP contribution in [-0.4, -0.2) is 18.1 Å². The van der Waals surface area contributed by atoms with Crippen LogP contribution in [0.3, 0.4) is 0 Å². The molecule has 1 saturated carbocycles. The number of nitrogens with one attached hydrogen (secondary N) is 1. The quantitative estimate of drug-likeness (QED) is 0.355. The van der Waals surface area contributed by atoms with E-state index in [-0.39, 0.29) is 11.8 Å². The molecule has 0 heterocycles. The zero-order valence-electron chi connectivity index (χ0n) is 14.9. The first kappa shape index (κ1) is 19.1. The number of carbonyl (C=O) groups is 2. The average Bonchev–Trinajstić information content (AvgIpc) is 2.69. The summed E-state index contributed by atoms with van der Waals surface area (Å²) in [6.07, 6.45) is 6.80. The minimum absolute atomic E-state index is 0.0312. The molecule has 0 atom stereocenters. The number of hydrogen-bond donors (Lipinski definition) is 1. The topological polar surface area (TPSA) is 67.8 Å². The molecule has 0 spiro atoms. The highest BCUT2D eigenvalue weighted by atomic mass is 35.5. The van der Waals surface area contributed by atoms with Crippen LogP contribution in [0, 0.1) is 5.92 Å². The normalized spacial score (nSPS) is 14.9. The van der Waals surface area contributed by atoms with Crippen LogP contribution in [-0.2, 0) is 4.79 Å². The van der Waals surface area contributed by atoms with Crippen molar-refractivity contribution in [2.75, 3.05) is 0 Å². The van der Waals surface area contributed by atoms with Gasteiger partial charge in [-0.3, -0.25) is 4.79 Å². The molecule has 6 heteroatoms. The molecule has 2 aromatic carbocycles. The van der Waals surface area contributed by atoms with E-state index in [1.54, 1.807) is 48.7 Å². The summed E-state index contributed by atoms with van der Waals surface area (Å²) < 4.78 is 5.37. The highest BCUT2D eigenvalue weighted by Gasteiger charge is 2.20. The van der Waals surface area contributed by atoms with Gasteiger partial charge in [0.05, 0.1) is 11.8 Å². The van der Waals surface area contributed by atoms with Gasteiger partial charge in [-0.15, -0.1) is 0 Å². The van der Waals surface area contributed by atoms with Crippen molar-refractivity contribution in [1.82, 2.24) is 5.43 Å². The third-order valence-corrected chi connectivity index (χ3v) is 4.76. The van der Waals surface area contributed by atoms with Gasteiger partial charge in [-0.2, -0.15) is 5.10 Å². The number of carbonyl (C=O) groups excluding carboxylic acids is 2. The summed E-state index contributed by atoms with van der Waals surface area (Å²) in [7, 11) is 0. The molecule has 5 nitrogen and oxygen atoms in total. The lowest BCUT2D eigenvalue weighted by atomic mass is 9.89. The smallest absolute Gasteiger partial charge is 0.343 e. The van der Waals surface area contributed by atoms with E-state index in [0.717, 1.165) is 31.2 Å². The average molecular weight is 385 g/mol. The molecular weight excluding hydrogens is 364 g/mol. The molecular formula is C21H21ClN2O3. The van der Waals surface area contributed by atoms with Crippen LogP contribution < -0.4 is 10.2 Å². The third-order valence-electron chi connectivity index (χ3n) is 4.51. The van der Waals surface area contributed by atoms with Crippen LogP contribution in [0.4, 0.5) is 0 Å². The van der Waals surface area contributed by atoms with Crippen molar-refractivity contribution in [3.8, 4) is 5.75 Å². The van der Waals surface area contributed by atoms with E-state index in [1.165, 1.54) is 6.42 Å². The van der Waals surface area contributed by atoms with E-state index < -0.39 is 5.97 Å². The van der Waals surface area contributed by atoms with Crippen molar-refractivity contribution in [3.63, 3.8) is 0 Å². The maximum atomic E-state index is 12.2. The summed E-state index contributed by atoms with van der Waals surface area (Å²) in [5.41, 5.74) is 3.74. The number of benzene rings is 2. The molecule has 3 rings (SSSR count). The standard InChI is InChI=1S/C21H21ClN2O3/c22-18-11-9-17(10-12-18)21(26)27-19-8-4-5-15(13-19)14-23-24-20(25)16-6-2-1-3-7-16/h4-5,8-14,16H,1-3,6-7H2,(H,24,25). The van der Waals surface area contributed by atoms with E-state index in [1.807, 2.05) is 6.07 Å². The summed E-state index contributed by atoms with van der Waals surface area (Å²) in [6.45, 7) is 0. The molecule has 0 saturated heterocycles. The number of rotatable bonds is 5. The van der Waals surface area contributed by atoms with Crippen molar-refractivity contribution in [2.45, 2.75) is 32.1 Å². The highest BCUT2D eigenvalue weighted by molar-refractivity contribution is 6.30. The lowest BCUT2D eigenvalue weighted by Crippen LogP contribution is -2.28. The predicted molar refractivity (Wildman–Crippen MR) is 105 cm³/mol. The Kier molecular flexibility index (Phi) is 6.60. The second-order valence-corrected chi connectivity index (χ2v) is 6.97. The Hall–Kier alpha value is -2.66. The second kappa shape index (κ2) is 9.33. The molecule has 1 amide bonds. The predicted octanol–water partition coefficient (Wildman–Crippen LogP) is 4.59. The van der Waals surface area contributed by atoms with Gasteiger partial charge in [0.25, 0.3) is 0 Å². The lowest BCUT2D eigenvalue weighted by molar-refractivity contribution is -0.125. The Balaban J connectivity index is 1.57. The Morgan fingerprint density at radius 1 is 1.07 bits per heavy atom. The van der Waals surface area contributed by atoms with Crippen LogP contribution >= 0.6 is 11.6 Å². The number of ether oxygens (including phenoxy) is 1. The summed E-state index contributed by atoms with van der Waals surface area (Å²) in [4.78, 5) is 24.2. The molecule has 0 aromatic heterocycles. The van der Waals surface area contributed by atoms with E-state index in [9.17, 15) is 9.59 Å². The molecule has 1 fully saturated rings. The van der Waals surface area contributed by atoms with Crippen LogP contribution in [0.5, 0.6) is 5.75 Å². The van der Waals surface area contributed by atoms with Crippen molar-refractivity contribution in [2.24, 2.45) is 11.0 Å². The van der Waals surface area contributed by atoms with Crippen molar-refractivity contribution < 1.29 is 14.3 Å². The van der Waals surface area contributed by atoms with Gasteiger partial charge in [0.15, 0.2) is 0 Å². The van der Waals surface area contributed by atoms with Gasteiger partial charge in [0, 0.05) is 10.9 Å². The first-order valence-electron chi connectivity index (χ1n) is 9.02. The van der Waals surface area contributed by atoms with Gasteiger partial charge in [-0.1, -0.05) is 43.0 Å². The Labute approximate surface area is 163 Å². The molecule has 0 unspecified atom stereocenters. The monoisotopic (exact) mass is 384 g/mol. The number of esters is 1. The van der Waals surface area contributed by atoms with E-state index in [2.05, 4.69) is 10.5 Å². The minimum atomic E-state index is -0.466. The molecule has 0 radical (unpaired) electrons. The van der Waals surface area contributed by atoms with Gasteiger partial charge in [0.2, 0.25) is 5.91 Å². The van der Waals surface area contributed by atoms with E-state index in [4.69, 9.17) is 16.3 Å². The van der Waals surface area contributed by atoms with Gasteiger partial charge < -0.3 is 4.74 Å². The van der Waals surface area contributed by atoms with Gasteiger partial charge in [-0.25, -0.2) is 10.2 Å². The fraction of sp³-hybridized carbons (Fsp3) is 0.286. The van der Waals surface area contributed by atoms with Crippen molar-refractivity contribution in [3.05, 3.63) is 64.7 Å². The molecule has 27 heavy (non-hydrogen) atoms. The molecule has 0 aliphatic heterocycles. The van der Waals surface area contributed by atoms with Gasteiger partial charge >= 0.3 is 5.97 Å². The minimum Gasteiger partial charge on any atom is -0.423 e. The Morgan fingerprint density at radius 2 is 1.81 bits per heavy atom. The van der Waals surface area contributed by atoms with Gasteiger partial charge in [0.1, 0.15) is 5.75 Å². The summed E-state index contributed by atoms with van der Waals surface area (Å²) in [6, 6.07) is 13.4. The van der Waals surface area contributed by atoms with E-state index in [0.29, 0.717) is 16.3 Å². The van der Waals surface area contributed by atoms with Crippen molar-refractivity contribution >= 4 is 29.7 Å². The van der Waals surface area contributed by atoms with Crippen molar-refractivity contribution in [1.29, 1.82) is 0 Å². The molecule has 1 N–H and O–H groups in total. The van der Waals surface area contributed by atoms with Crippen LogP contribution in [0.25, 0.3) is 0 Å². The maximum absolute atomic E-state index is 12.2. The number of hydrogen-bond acceptors (Lipinski definition) is 4. The zero-order chi connectivity index (χ0) is 19.1. The first-order valence-corrected chi connectivity index (χ1v) is 9.40. The molecule has 1 aliphatic carbocycles. The molecule has 1 aliphatic rings. The second-order valence-electron chi connectivity index (χ2n) is 6.54. The van der Waals surface area contributed by atoms with Crippen LogP contribution in [0.2, 0.25) is 5.02 Å².